The first kappa shape index (κ1) is 20.9. The van der Waals surface area contributed by atoms with E-state index in [0.29, 0.717) is 11.3 Å². The minimum Gasteiger partial charge on any atom is -0.377 e. The fourth-order valence-electron chi connectivity index (χ4n) is 3.89. The number of amides is 2. The number of rotatable bonds is 6. The summed E-state index contributed by atoms with van der Waals surface area (Å²) in [5.41, 5.74) is 3.09. The van der Waals surface area contributed by atoms with E-state index in [9.17, 15) is 9.59 Å². The average Bonchev–Trinajstić information content (AvgIpc) is 2.74. The van der Waals surface area contributed by atoms with Crippen molar-refractivity contribution in [3.05, 3.63) is 59.7 Å². The first-order chi connectivity index (χ1) is 14.0. The van der Waals surface area contributed by atoms with Crippen LogP contribution in [0.5, 0.6) is 0 Å². The number of nitrogens with zero attached hydrogens (tertiary/aromatic N) is 1. The minimum absolute atomic E-state index is 0.0614. The highest BCUT2D eigenvalue weighted by atomic mass is 16.2. The van der Waals surface area contributed by atoms with E-state index < -0.39 is 0 Å². The van der Waals surface area contributed by atoms with Crippen molar-refractivity contribution in [1.82, 2.24) is 5.32 Å². The van der Waals surface area contributed by atoms with Crippen LogP contribution >= 0.6 is 0 Å². The fourth-order valence-corrected chi connectivity index (χ4v) is 3.89. The lowest BCUT2D eigenvalue weighted by atomic mass is 9.88. The molecule has 1 atom stereocenters. The van der Waals surface area contributed by atoms with E-state index in [2.05, 4.69) is 10.6 Å². The molecule has 1 saturated carbocycles. The Kier molecular flexibility index (Phi) is 6.91. The van der Waals surface area contributed by atoms with Crippen LogP contribution in [0.4, 0.5) is 11.4 Å². The molecular formula is C24H31N3O2. The number of hydrogen-bond donors (Lipinski definition) is 2. The van der Waals surface area contributed by atoms with Gasteiger partial charge in [0.1, 0.15) is 0 Å². The molecule has 0 saturated heterocycles. The molecule has 2 N–H and O–H groups in total. The molecule has 2 aromatic carbocycles. The maximum Gasteiger partial charge on any atom is 0.253 e. The van der Waals surface area contributed by atoms with Crippen LogP contribution in [-0.2, 0) is 4.79 Å². The predicted molar refractivity (Wildman–Crippen MR) is 118 cm³/mol. The Labute approximate surface area is 173 Å². The van der Waals surface area contributed by atoms with Crippen molar-refractivity contribution in [3.8, 4) is 0 Å². The molecule has 0 radical (unpaired) electrons. The number of carbonyl (C=O) groups excluding carboxylic acids is 2. The van der Waals surface area contributed by atoms with E-state index in [1.165, 1.54) is 6.42 Å². The Morgan fingerprint density at radius 1 is 1.00 bits per heavy atom. The summed E-state index contributed by atoms with van der Waals surface area (Å²) in [4.78, 5) is 27.6. The molecule has 0 aliphatic heterocycles. The molecule has 0 spiro atoms. The van der Waals surface area contributed by atoms with E-state index in [0.717, 1.165) is 36.9 Å². The van der Waals surface area contributed by atoms with Gasteiger partial charge in [0.25, 0.3) is 5.91 Å². The lowest BCUT2D eigenvalue weighted by molar-refractivity contribution is -0.120. The van der Waals surface area contributed by atoms with Gasteiger partial charge in [-0.15, -0.1) is 0 Å². The number of nitrogens with one attached hydrogen (secondary N) is 2. The zero-order valence-corrected chi connectivity index (χ0v) is 17.6. The van der Waals surface area contributed by atoms with Gasteiger partial charge in [-0.05, 0) is 43.5 Å². The van der Waals surface area contributed by atoms with Crippen LogP contribution < -0.4 is 15.5 Å². The Morgan fingerprint density at radius 2 is 1.69 bits per heavy atom. The van der Waals surface area contributed by atoms with E-state index in [-0.39, 0.29) is 23.8 Å². The van der Waals surface area contributed by atoms with Gasteiger partial charge in [0, 0.05) is 31.4 Å². The number of benzene rings is 2. The van der Waals surface area contributed by atoms with Crippen molar-refractivity contribution in [2.24, 2.45) is 5.92 Å². The van der Waals surface area contributed by atoms with Gasteiger partial charge in [0.2, 0.25) is 5.91 Å². The van der Waals surface area contributed by atoms with Crippen molar-refractivity contribution >= 4 is 23.2 Å². The lowest BCUT2D eigenvalue weighted by Crippen LogP contribution is -2.29. The van der Waals surface area contributed by atoms with Gasteiger partial charge < -0.3 is 15.5 Å². The molecule has 0 bridgehead atoms. The molecule has 0 heterocycles. The van der Waals surface area contributed by atoms with Gasteiger partial charge in [0.05, 0.1) is 11.6 Å². The first-order valence-corrected chi connectivity index (χ1v) is 10.4. The largest absolute Gasteiger partial charge is 0.377 e. The molecule has 3 rings (SSSR count). The molecule has 1 aliphatic rings. The summed E-state index contributed by atoms with van der Waals surface area (Å²) < 4.78 is 0. The summed E-state index contributed by atoms with van der Waals surface area (Å²) in [7, 11) is 3.82. The maximum absolute atomic E-state index is 13.0. The summed E-state index contributed by atoms with van der Waals surface area (Å²) in [6.45, 7) is 1.97. The zero-order valence-electron chi connectivity index (χ0n) is 17.6. The molecule has 1 fully saturated rings. The Morgan fingerprint density at radius 3 is 2.34 bits per heavy atom. The highest BCUT2D eigenvalue weighted by Gasteiger charge is 2.22. The fraction of sp³-hybridized carbons (Fsp3) is 0.417. The second-order valence-corrected chi connectivity index (χ2v) is 8.06. The van der Waals surface area contributed by atoms with E-state index >= 15 is 0 Å². The Bertz CT molecular complexity index is 842. The molecular weight excluding hydrogens is 362 g/mol. The van der Waals surface area contributed by atoms with Crippen molar-refractivity contribution in [3.63, 3.8) is 0 Å². The maximum atomic E-state index is 13.0. The van der Waals surface area contributed by atoms with E-state index in [4.69, 9.17) is 0 Å². The first-order valence-electron chi connectivity index (χ1n) is 10.4. The zero-order chi connectivity index (χ0) is 20.8. The summed E-state index contributed by atoms with van der Waals surface area (Å²) in [6.07, 6.45) is 5.34. The normalized spacial score (nSPS) is 15.4. The van der Waals surface area contributed by atoms with Crippen LogP contribution in [0.1, 0.15) is 61.0 Å². The molecule has 2 amide bonds. The van der Waals surface area contributed by atoms with Crippen molar-refractivity contribution in [2.75, 3.05) is 24.3 Å². The third kappa shape index (κ3) is 5.37. The molecule has 5 heteroatoms. The molecule has 1 aliphatic carbocycles. The quantitative estimate of drug-likeness (QED) is 0.744. The highest BCUT2D eigenvalue weighted by Crippen LogP contribution is 2.27. The van der Waals surface area contributed by atoms with Crippen LogP contribution in [0, 0.1) is 5.92 Å². The molecule has 0 aromatic heterocycles. The summed E-state index contributed by atoms with van der Waals surface area (Å²) in [6, 6.07) is 15.3. The van der Waals surface area contributed by atoms with Gasteiger partial charge in [0.15, 0.2) is 0 Å². The van der Waals surface area contributed by atoms with Crippen LogP contribution in [0.15, 0.2) is 48.5 Å². The third-order valence-electron chi connectivity index (χ3n) is 5.61. The van der Waals surface area contributed by atoms with Gasteiger partial charge >= 0.3 is 0 Å². The van der Waals surface area contributed by atoms with Crippen LogP contribution in [0.3, 0.4) is 0 Å². The molecule has 154 valence electrons. The smallest absolute Gasteiger partial charge is 0.253 e. The Balaban J connectivity index is 1.77. The molecule has 5 nitrogen and oxygen atoms in total. The average molecular weight is 394 g/mol. The van der Waals surface area contributed by atoms with Crippen molar-refractivity contribution in [2.45, 2.75) is 45.1 Å². The molecule has 2 aromatic rings. The second-order valence-electron chi connectivity index (χ2n) is 8.06. The van der Waals surface area contributed by atoms with Crippen LogP contribution in [-0.4, -0.2) is 25.9 Å². The minimum atomic E-state index is -0.154. The Hall–Kier alpha value is -2.82. The van der Waals surface area contributed by atoms with Crippen molar-refractivity contribution in [1.29, 1.82) is 0 Å². The highest BCUT2D eigenvalue weighted by molar-refractivity contribution is 6.02. The van der Waals surface area contributed by atoms with Gasteiger partial charge in [-0.3, -0.25) is 9.59 Å². The number of anilines is 2. The second kappa shape index (κ2) is 9.59. The van der Waals surface area contributed by atoms with E-state index in [1.807, 2.05) is 68.4 Å². The number of hydrogen-bond acceptors (Lipinski definition) is 3. The standard InChI is InChI=1S/C24H31N3O2/c1-17(18-10-6-4-7-11-18)25-24(29)21-16-20(14-15-22(21)27(2)3)26-23(28)19-12-8-5-9-13-19/h4,6-7,10-11,14-17,19H,5,8-9,12-13H2,1-3H3,(H,25,29)(H,26,28). The predicted octanol–water partition coefficient (Wildman–Crippen LogP) is 4.76. The van der Waals surface area contributed by atoms with Crippen molar-refractivity contribution < 1.29 is 9.59 Å². The van der Waals surface area contributed by atoms with Gasteiger partial charge in [-0.25, -0.2) is 0 Å². The summed E-state index contributed by atoms with van der Waals surface area (Å²) >= 11 is 0. The monoisotopic (exact) mass is 393 g/mol. The van der Waals surface area contributed by atoms with E-state index in [1.54, 1.807) is 6.07 Å². The summed E-state index contributed by atoms with van der Waals surface area (Å²) in [5.74, 6) is -0.0159. The van der Waals surface area contributed by atoms with Crippen LogP contribution in [0.2, 0.25) is 0 Å². The van der Waals surface area contributed by atoms with Gasteiger partial charge in [-0.1, -0.05) is 49.6 Å². The third-order valence-corrected chi connectivity index (χ3v) is 5.61. The summed E-state index contributed by atoms with van der Waals surface area (Å²) in [5, 5.41) is 6.09. The lowest BCUT2D eigenvalue weighted by Gasteiger charge is -2.22. The number of carbonyl (C=O) groups is 2. The van der Waals surface area contributed by atoms with Crippen LogP contribution in [0.25, 0.3) is 0 Å². The SMILES string of the molecule is CC(NC(=O)c1cc(NC(=O)C2CCCCC2)ccc1N(C)C)c1ccccc1. The van der Waals surface area contributed by atoms with Gasteiger partial charge in [-0.2, -0.15) is 0 Å². The molecule has 1 unspecified atom stereocenters. The molecule has 29 heavy (non-hydrogen) atoms. The topological polar surface area (TPSA) is 61.4 Å².